The van der Waals surface area contributed by atoms with Crippen LogP contribution in [0.25, 0.3) is 0 Å². The number of aliphatic hydroxyl groups excluding tert-OH is 1. The summed E-state index contributed by atoms with van der Waals surface area (Å²) in [6.07, 6.45) is 0.617. The topological polar surface area (TPSA) is 81.2 Å². The Morgan fingerprint density at radius 3 is 2.89 bits per heavy atom. The predicted molar refractivity (Wildman–Crippen MR) is 70.0 cm³/mol. The second kappa shape index (κ2) is 5.38. The van der Waals surface area contributed by atoms with E-state index in [0.29, 0.717) is 10.6 Å². The van der Waals surface area contributed by atoms with Crippen molar-refractivity contribution >= 4 is 17.3 Å². The van der Waals surface area contributed by atoms with Gasteiger partial charge in [0.05, 0.1) is 34.5 Å². The summed E-state index contributed by atoms with van der Waals surface area (Å²) in [6, 6.07) is 5.91. The molecule has 0 amide bonds. The second-order valence-electron chi connectivity index (χ2n) is 4.13. The summed E-state index contributed by atoms with van der Waals surface area (Å²) < 4.78 is 1.56. The maximum Gasteiger partial charge on any atom is 0.269 e. The Kier molecular flexibility index (Phi) is 3.82. The maximum atomic E-state index is 10.7. The molecule has 0 aliphatic carbocycles. The van der Waals surface area contributed by atoms with Gasteiger partial charge in [-0.3, -0.25) is 14.8 Å². The summed E-state index contributed by atoms with van der Waals surface area (Å²) in [5.41, 5.74) is 1.16. The van der Waals surface area contributed by atoms with Gasteiger partial charge < -0.3 is 5.11 Å². The second-order valence-corrected chi connectivity index (χ2v) is 4.54. The molecule has 0 radical (unpaired) electrons. The van der Waals surface area contributed by atoms with Crippen LogP contribution in [0.3, 0.4) is 0 Å². The lowest BCUT2D eigenvalue weighted by atomic mass is 10.1. The third-order valence-electron chi connectivity index (χ3n) is 2.85. The maximum absolute atomic E-state index is 10.7. The molecule has 0 aliphatic rings. The van der Waals surface area contributed by atoms with Crippen molar-refractivity contribution in [3.05, 3.63) is 56.9 Å². The molecular formula is C12H12ClN3O3. The Labute approximate surface area is 114 Å². The van der Waals surface area contributed by atoms with E-state index in [1.54, 1.807) is 23.7 Å². The highest BCUT2D eigenvalue weighted by atomic mass is 35.5. The number of nitro groups is 1. The molecule has 0 saturated heterocycles. The molecule has 0 aliphatic heterocycles. The molecule has 0 bridgehead atoms. The van der Waals surface area contributed by atoms with Crippen molar-refractivity contribution in [3.63, 3.8) is 0 Å². The SMILES string of the molecule is Cc1c(Cl)cnn1CC(O)c1cccc([N+](=O)[O-])c1. The quantitative estimate of drug-likeness (QED) is 0.689. The number of aliphatic hydroxyl groups is 1. The Morgan fingerprint density at radius 2 is 2.32 bits per heavy atom. The van der Waals surface area contributed by atoms with Crippen molar-refractivity contribution in [1.82, 2.24) is 9.78 Å². The van der Waals surface area contributed by atoms with Gasteiger partial charge in [-0.25, -0.2) is 0 Å². The molecule has 0 fully saturated rings. The minimum absolute atomic E-state index is 0.0493. The number of hydrogen-bond donors (Lipinski definition) is 1. The number of benzene rings is 1. The highest BCUT2D eigenvalue weighted by molar-refractivity contribution is 6.31. The molecule has 7 heteroatoms. The Morgan fingerprint density at radius 1 is 1.58 bits per heavy atom. The van der Waals surface area contributed by atoms with E-state index in [2.05, 4.69) is 5.10 Å². The van der Waals surface area contributed by atoms with E-state index >= 15 is 0 Å². The smallest absolute Gasteiger partial charge is 0.269 e. The van der Waals surface area contributed by atoms with E-state index in [9.17, 15) is 15.2 Å². The Balaban J connectivity index is 2.20. The highest BCUT2D eigenvalue weighted by Crippen LogP contribution is 2.22. The summed E-state index contributed by atoms with van der Waals surface area (Å²) in [7, 11) is 0. The monoisotopic (exact) mass is 281 g/mol. The van der Waals surface area contributed by atoms with Gasteiger partial charge in [0.1, 0.15) is 0 Å². The van der Waals surface area contributed by atoms with Crippen molar-refractivity contribution in [1.29, 1.82) is 0 Å². The first kappa shape index (κ1) is 13.5. The number of halogens is 1. The van der Waals surface area contributed by atoms with E-state index in [4.69, 9.17) is 11.6 Å². The normalized spacial score (nSPS) is 12.4. The van der Waals surface area contributed by atoms with E-state index < -0.39 is 11.0 Å². The number of nitrogens with zero attached hydrogens (tertiary/aromatic N) is 3. The van der Waals surface area contributed by atoms with Gasteiger partial charge in [0.25, 0.3) is 5.69 Å². The van der Waals surface area contributed by atoms with Gasteiger partial charge >= 0.3 is 0 Å². The summed E-state index contributed by atoms with van der Waals surface area (Å²) in [4.78, 5) is 10.2. The number of non-ortho nitro benzene ring substituents is 1. The van der Waals surface area contributed by atoms with Crippen LogP contribution in [0.2, 0.25) is 5.02 Å². The first-order chi connectivity index (χ1) is 8.99. The average molecular weight is 282 g/mol. The van der Waals surface area contributed by atoms with Crippen LogP contribution < -0.4 is 0 Å². The van der Waals surface area contributed by atoms with Gasteiger partial charge in [0, 0.05) is 12.1 Å². The van der Waals surface area contributed by atoms with Gasteiger partial charge in [-0.2, -0.15) is 5.10 Å². The Hall–Kier alpha value is -1.92. The molecule has 2 rings (SSSR count). The number of nitro benzene ring substituents is 1. The first-order valence-electron chi connectivity index (χ1n) is 5.59. The zero-order valence-electron chi connectivity index (χ0n) is 10.2. The van der Waals surface area contributed by atoms with Crippen molar-refractivity contribution in [2.24, 2.45) is 0 Å². The third-order valence-corrected chi connectivity index (χ3v) is 3.23. The van der Waals surface area contributed by atoms with Gasteiger partial charge in [-0.05, 0) is 12.5 Å². The number of hydrogen-bond acceptors (Lipinski definition) is 4. The molecule has 0 spiro atoms. The van der Waals surface area contributed by atoms with E-state index in [1.165, 1.54) is 18.3 Å². The number of aromatic nitrogens is 2. The molecule has 100 valence electrons. The van der Waals surface area contributed by atoms with Gasteiger partial charge in [-0.15, -0.1) is 0 Å². The third kappa shape index (κ3) is 2.91. The molecule has 1 atom stereocenters. The minimum Gasteiger partial charge on any atom is -0.386 e. The predicted octanol–water partition coefficient (Wildman–Crippen LogP) is 2.49. The summed E-state index contributed by atoms with van der Waals surface area (Å²) in [5, 5.41) is 25.3. The summed E-state index contributed by atoms with van der Waals surface area (Å²) in [5.74, 6) is 0. The molecule has 1 aromatic heterocycles. The lowest BCUT2D eigenvalue weighted by Crippen LogP contribution is -2.11. The molecule has 19 heavy (non-hydrogen) atoms. The van der Waals surface area contributed by atoms with Gasteiger partial charge in [0.2, 0.25) is 0 Å². The van der Waals surface area contributed by atoms with Gasteiger partial charge in [0.15, 0.2) is 0 Å². The van der Waals surface area contributed by atoms with Crippen LogP contribution in [0.15, 0.2) is 30.5 Å². The van der Waals surface area contributed by atoms with E-state index in [1.807, 2.05) is 0 Å². The zero-order valence-corrected chi connectivity index (χ0v) is 10.9. The Bertz CT molecular complexity index is 612. The van der Waals surface area contributed by atoms with E-state index in [0.717, 1.165) is 5.69 Å². The molecule has 6 nitrogen and oxygen atoms in total. The zero-order chi connectivity index (χ0) is 14.0. The molecular weight excluding hydrogens is 270 g/mol. The molecule has 2 aromatic rings. The molecule has 1 unspecified atom stereocenters. The lowest BCUT2D eigenvalue weighted by molar-refractivity contribution is -0.385. The highest BCUT2D eigenvalue weighted by Gasteiger charge is 2.14. The van der Waals surface area contributed by atoms with Crippen molar-refractivity contribution in [3.8, 4) is 0 Å². The van der Waals surface area contributed by atoms with Crippen LogP contribution in [-0.2, 0) is 6.54 Å². The first-order valence-corrected chi connectivity index (χ1v) is 5.97. The fourth-order valence-electron chi connectivity index (χ4n) is 1.72. The fourth-order valence-corrected chi connectivity index (χ4v) is 1.86. The average Bonchev–Trinajstić information content (AvgIpc) is 2.71. The van der Waals surface area contributed by atoms with Crippen LogP contribution in [0.1, 0.15) is 17.4 Å². The molecule has 1 aromatic carbocycles. The largest absolute Gasteiger partial charge is 0.386 e. The molecule has 1 heterocycles. The summed E-state index contributed by atoms with van der Waals surface area (Å²) in [6.45, 7) is 1.98. The lowest BCUT2D eigenvalue weighted by Gasteiger charge is -2.12. The van der Waals surface area contributed by atoms with Gasteiger partial charge in [-0.1, -0.05) is 23.7 Å². The van der Waals surface area contributed by atoms with Crippen LogP contribution >= 0.6 is 11.6 Å². The van der Waals surface area contributed by atoms with Crippen LogP contribution in [0.5, 0.6) is 0 Å². The minimum atomic E-state index is -0.880. The van der Waals surface area contributed by atoms with Crippen molar-refractivity contribution in [2.45, 2.75) is 19.6 Å². The fraction of sp³-hybridized carbons (Fsp3) is 0.250. The van der Waals surface area contributed by atoms with Crippen LogP contribution in [-0.4, -0.2) is 19.8 Å². The molecule has 0 saturated carbocycles. The summed E-state index contributed by atoms with van der Waals surface area (Å²) >= 11 is 5.87. The van der Waals surface area contributed by atoms with Crippen LogP contribution in [0.4, 0.5) is 5.69 Å². The van der Waals surface area contributed by atoms with Crippen molar-refractivity contribution in [2.75, 3.05) is 0 Å². The van der Waals surface area contributed by atoms with Crippen LogP contribution in [0, 0.1) is 17.0 Å². The van der Waals surface area contributed by atoms with Crippen molar-refractivity contribution < 1.29 is 10.0 Å². The standard InChI is InChI=1S/C12H12ClN3O3/c1-8-11(13)6-14-15(8)7-12(17)9-3-2-4-10(5-9)16(18)19/h2-6,12,17H,7H2,1H3. The molecule has 1 N–H and O–H groups in total. The number of rotatable bonds is 4. The van der Waals surface area contributed by atoms with E-state index in [-0.39, 0.29) is 12.2 Å².